The Morgan fingerprint density at radius 1 is 0.482 bits per heavy atom. The Morgan fingerprint density at radius 2 is 1.01 bits per heavy atom. The van der Waals surface area contributed by atoms with Crippen molar-refractivity contribution in [3.05, 3.63) is 108 Å². The minimum absolute atomic E-state index is 0.0394. The van der Waals surface area contributed by atoms with Gasteiger partial charge in [0.1, 0.15) is 96.9 Å². The van der Waals surface area contributed by atoms with Crippen LogP contribution in [0.1, 0.15) is 140 Å². The number of aliphatic hydroxyl groups excluding tert-OH is 1. The molecule has 3 aromatic carbocycles. The molecule has 0 saturated carbocycles. The van der Waals surface area contributed by atoms with Crippen molar-refractivity contribution in [2.75, 3.05) is 53.9 Å². The average Bonchev–Trinajstić information content (AvgIpc) is 1.57. The highest BCUT2D eigenvalue weighted by Gasteiger charge is 2.47. The zero-order valence-corrected chi connectivity index (χ0v) is 77.6. The SMILES string of the molecule is CCCC[C@H]1C(=O)N(C)[C@@H](CCCC)C(=O)N[C@@H](CCC(=O)O)C(=O)N[C@H](C(=O)NCC(N)=O)CNCC(=O)N[C@@H](Cc2ccc(F)cc2)C(=O)N(C)[C@@H](C)C(=O)N[C@@H](CC(N)=O)C(=O)N2CCC[C@H]2C(=O)N[C@@H](CCC(N)=O)C(=O)N[C@@H](CC(=O)O)C(=O)N2C[C@H](O)C[C@H]2C(=O)N[C@@H](Cc2c[nH]c3ccccc23)C(=O)N[C@@H](CC(N)=O)C(=O)N[C@@H](Cc2cn(CC(=O)O)c3ccccc23)C(=O)N1C. The number of aromatic nitrogens is 2. The van der Waals surface area contributed by atoms with Gasteiger partial charge < -0.3 is 136 Å². The van der Waals surface area contributed by atoms with Crippen molar-refractivity contribution >= 4 is 152 Å². The number of halogens is 1. The van der Waals surface area contributed by atoms with Crippen LogP contribution in [0.15, 0.2) is 85.2 Å². The number of aliphatic hydroxyl groups is 1. The summed E-state index contributed by atoms with van der Waals surface area (Å²) in [6, 6.07) is -8.02. The number of H-pyrrole nitrogens is 1. The summed E-state index contributed by atoms with van der Waals surface area (Å²) in [5, 5.41) is 69.6. The second-order valence-electron chi connectivity index (χ2n) is 34.5. The van der Waals surface area contributed by atoms with Gasteiger partial charge in [0.2, 0.25) is 112 Å². The number of para-hydroxylation sites is 2. The number of carboxylic acid groups (broad SMARTS) is 3. The zero-order chi connectivity index (χ0) is 103. The molecule has 0 aliphatic carbocycles. The topological polar surface area (TPSA) is 730 Å². The lowest BCUT2D eigenvalue weighted by molar-refractivity contribution is -0.149. The second kappa shape index (κ2) is 51.2. The van der Waals surface area contributed by atoms with Crippen molar-refractivity contribution < 1.29 is 130 Å². The van der Waals surface area contributed by atoms with E-state index in [1.165, 1.54) is 50.1 Å². The summed E-state index contributed by atoms with van der Waals surface area (Å²) in [5.74, 6) is -27.3. The Kier molecular flexibility index (Phi) is 40.2. The van der Waals surface area contributed by atoms with E-state index in [9.17, 15) is 96.7 Å². The number of nitrogens with two attached hydrogens (primary N) is 4. The van der Waals surface area contributed by atoms with E-state index >= 15 is 33.6 Å². The van der Waals surface area contributed by atoms with Gasteiger partial charge in [-0.1, -0.05) is 88.1 Å². The maximum absolute atomic E-state index is 15.9. The third kappa shape index (κ3) is 31.0. The number of hydrogen-bond acceptors (Lipinski definition) is 24. The van der Waals surface area contributed by atoms with Gasteiger partial charge in [0.15, 0.2) is 0 Å². The molecule has 24 N–H and O–H groups in total. The third-order valence-corrected chi connectivity index (χ3v) is 24.2. The Hall–Kier alpha value is -15.1. The van der Waals surface area contributed by atoms with Crippen molar-refractivity contribution in [2.45, 2.75) is 240 Å². The summed E-state index contributed by atoms with van der Waals surface area (Å²) in [4.78, 5) is 320. The fraction of sp³-hybridized carbons (Fsp3) is 0.511. The minimum Gasteiger partial charge on any atom is -0.481 e. The number of amides is 19. The van der Waals surface area contributed by atoms with Crippen LogP contribution in [0, 0.1) is 5.82 Å². The summed E-state index contributed by atoms with van der Waals surface area (Å²) < 4.78 is 15.7. The van der Waals surface area contributed by atoms with Gasteiger partial charge in [0.25, 0.3) is 0 Å². The number of nitrogens with one attached hydrogen (secondary N) is 12. The van der Waals surface area contributed by atoms with Crippen LogP contribution in [-0.2, 0) is 131 Å². The van der Waals surface area contributed by atoms with E-state index in [-0.39, 0.29) is 56.2 Å². The van der Waals surface area contributed by atoms with Gasteiger partial charge in [-0.25, -0.2) is 4.39 Å². The summed E-state index contributed by atoms with van der Waals surface area (Å²) >= 11 is 0. The molecule has 0 bridgehead atoms. The first-order valence-corrected chi connectivity index (χ1v) is 45.2. The third-order valence-electron chi connectivity index (χ3n) is 24.2. The van der Waals surface area contributed by atoms with Crippen molar-refractivity contribution in [1.82, 2.24) is 92.5 Å². The number of carboxylic acids is 3. The molecule has 139 heavy (non-hydrogen) atoms. The molecule has 0 spiro atoms. The smallest absolute Gasteiger partial charge is 0.323 e. The summed E-state index contributed by atoms with van der Waals surface area (Å²) in [5.41, 5.74) is 24.0. The lowest BCUT2D eigenvalue weighted by Crippen LogP contribution is -2.61. The van der Waals surface area contributed by atoms with E-state index in [0.29, 0.717) is 45.1 Å². The number of nitrogens with zero attached hydrogens (tertiary/aromatic N) is 6. The molecule has 3 fully saturated rings. The predicted molar refractivity (Wildman–Crippen MR) is 488 cm³/mol. The predicted octanol–water partition coefficient (Wildman–Crippen LogP) is -5.87. The van der Waals surface area contributed by atoms with Crippen LogP contribution < -0.4 is 81.4 Å². The molecule has 0 radical (unpaired) electrons. The fourth-order valence-electron chi connectivity index (χ4n) is 16.7. The number of carbonyl (C=O) groups is 22. The van der Waals surface area contributed by atoms with Gasteiger partial charge in [-0.05, 0) is 86.4 Å². The zero-order valence-electron chi connectivity index (χ0n) is 77.6. The van der Waals surface area contributed by atoms with Crippen LogP contribution in [0.3, 0.4) is 0 Å². The van der Waals surface area contributed by atoms with E-state index in [1.54, 1.807) is 62.4 Å². The number of aliphatic carboxylic acids is 3. The van der Waals surface area contributed by atoms with E-state index < -0.39 is 330 Å². The highest BCUT2D eigenvalue weighted by molar-refractivity contribution is 6.04. The Balaban J connectivity index is 1.23. The van der Waals surface area contributed by atoms with Gasteiger partial charge in [-0.15, -0.1) is 0 Å². The molecule has 49 heteroatoms. The molecule has 5 aromatic rings. The molecular formula is C90H121FN22O26. The first-order valence-electron chi connectivity index (χ1n) is 45.2. The highest BCUT2D eigenvalue weighted by Crippen LogP contribution is 2.29. The molecule has 754 valence electrons. The quantitative estimate of drug-likeness (QED) is 0.0212. The van der Waals surface area contributed by atoms with Crippen LogP contribution in [0.4, 0.5) is 4.39 Å². The molecule has 48 nitrogen and oxygen atoms in total. The van der Waals surface area contributed by atoms with Gasteiger partial charge in [-0.2, -0.15) is 0 Å². The Bertz CT molecular complexity index is 5420. The van der Waals surface area contributed by atoms with E-state index in [0.717, 1.165) is 38.8 Å². The van der Waals surface area contributed by atoms with Gasteiger partial charge in [-0.3, -0.25) is 105 Å². The number of likely N-dealkylation sites (N-methyl/N-ethyl adjacent to an activating group) is 3. The molecule has 2 aromatic heterocycles. The van der Waals surface area contributed by atoms with E-state index in [4.69, 9.17) is 22.9 Å². The maximum atomic E-state index is 15.9. The van der Waals surface area contributed by atoms with Crippen LogP contribution >= 0.6 is 0 Å². The number of aromatic amines is 1. The van der Waals surface area contributed by atoms with Crippen LogP contribution in [0.5, 0.6) is 0 Å². The number of hydrogen-bond donors (Lipinski definition) is 20. The molecule has 19 amide bonds. The molecule has 8 rings (SSSR count). The molecule has 5 heterocycles. The molecular weight excluding hydrogens is 1820 g/mol. The van der Waals surface area contributed by atoms with Crippen LogP contribution in [-0.4, -0.2) is 329 Å². The highest BCUT2D eigenvalue weighted by atomic mass is 19.1. The average molecular weight is 1950 g/mol. The summed E-state index contributed by atoms with van der Waals surface area (Å²) in [6.07, 6.45) is -6.39. The van der Waals surface area contributed by atoms with E-state index in [1.807, 2.05) is 0 Å². The lowest BCUT2D eigenvalue weighted by Gasteiger charge is -2.36. The number of primary amides is 4. The lowest BCUT2D eigenvalue weighted by atomic mass is 9.99. The normalized spacial score (nSPS) is 24.3. The van der Waals surface area contributed by atoms with Crippen LogP contribution in [0.2, 0.25) is 0 Å². The van der Waals surface area contributed by atoms with Gasteiger partial charge in [0.05, 0.1) is 38.5 Å². The summed E-state index contributed by atoms with van der Waals surface area (Å²) in [6.45, 7) is 0.594. The van der Waals surface area contributed by atoms with E-state index in [2.05, 4.69) is 63.5 Å². The van der Waals surface area contributed by atoms with Crippen molar-refractivity contribution in [3.63, 3.8) is 0 Å². The van der Waals surface area contributed by atoms with Gasteiger partial charge >= 0.3 is 17.9 Å². The van der Waals surface area contributed by atoms with Crippen molar-refractivity contribution in [3.8, 4) is 0 Å². The minimum atomic E-state index is -2.20. The monoisotopic (exact) mass is 1940 g/mol. The van der Waals surface area contributed by atoms with Crippen molar-refractivity contribution in [1.29, 1.82) is 0 Å². The first kappa shape index (κ1) is 109. The Labute approximate surface area is 795 Å². The summed E-state index contributed by atoms with van der Waals surface area (Å²) in [7, 11) is 3.51. The van der Waals surface area contributed by atoms with Gasteiger partial charge in [0, 0.05) is 114 Å². The number of fused-ring (bicyclic) bond motifs is 4. The molecule has 0 unspecified atom stereocenters. The van der Waals surface area contributed by atoms with Crippen LogP contribution in [0.25, 0.3) is 21.8 Å². The molecule has 3 saturated heterocycles. The number of carbonyl (C=O) groups excluding carboxylic acids is 19. The largest absolute Gasteiger partial charge is 0.481 e. The molecule has 3 aliphatic rings. The first-order chi connectivity index (χ1) is 65.8. The fourth-order valence-corrected chi connectivity index (χ4v) is 16.7. The number of rotatable bonds is 29. The maximum Gasteiger partial charge on any atom is 0.323 e. The van der Waals surface area contributed by atoms with Crippen molar-refractivity contribution in [2.24, 2.45) is 22.9 Å². The molecule has 15 atom stereocenters. The number of unbranched alkanes of at least 4 members (excludes halogenated alkanes) is 2. The standard InChI is InChI=1S/C90H121FN22O26/c1-7-9-19-65-83(132)100-56(28-30-74(120)121)80(129)107-63(78(127)98-41-72(95)118)40-96-42-73(119)99-59(32-47-23-25-50(91)26-24-47)86(135)108(4)46(3)77(126)104-61(37-71(94)117)88(137)112-31-15-22-66(112)84(133)101-55(27-29-69(92)115)79(128)106-62(38-75(122)123)89(138)113-44-51(114)35-68(113)85(134)103-57(33-48-39-97-54-18-13-11-16-52(48)54)81(130)102-58(36-70(93)116)82(131)105-60(87(136)110(6)67(20-10-8-2)90(139)109(65)5)34-49-43-111(45-76(124)125)64-21-14-12-17-53(49)64/h11-14,16-18,21,23-26,39,43,46,51,55-63,65-68,96-97,114H,7-10,15,19-20,22,27-38,40-42,44-45H2,1-6H3,(H2,92,115)(H2,93,116)(H2,94,117)(H2,95,118)(H,98,127)(H,99,119)(H,100,132)(H,101,133)(H,102,130)(H,103,134)(H,104,126)(H,105,131)(H,106,128)(H,107,129)(H,120,121)(H,122,123)(H,124,125)/t46-,51+,55-,56-,57-,58-,59-,60-,61-,62-,63-,65-,66-,67-,68-/m0/s1. The Morgan fingerprint density at radius 3 is 1.64 bits per heavy atom. The second-order valence-corrected chi connectivity index (χ2v) is 34.5. The molecule has 3 aliphatic heterocycles. The number of benzene rings is 3.